The molecule has 1 fully saturated rings. The Morgan fingerprint density at radius 3 is 2.36 bits per heavy atom. The summed E-state index contributed by atoms with van der Waals surface area (Å²) in [7, 11) is 0. The van der Waals surface area contributed by atoms with Gasteiger partial charge in [0.15, 0.2) is 0 Å². The molecule has 25 heavy (non-hydrogen) atoms. The number of likely N-dealkylation sites (tertiary alicyclic amines) is 1. The molecule has 1 aliphatic rings. The molecule has 1 heterocycles. The van der Waals surface area contributed by atoms with E-state index >= 15 is 0 Å². The van der Waals surface area contributed by atoms with Gasteiger partial charge in [0.2, 0.25) is 5.91 Å². The molecule has 2 N–H and O–H groups in total. The molecule has 132 valence electrons. The van der Waals surface area contributed by atoms with Gasteiger partial charge in [0.25, 0.3) is 0 Å². The normalized spacial score (nSPS) is 17.4. The Kier molecular flexibility index (Phi) is 5.43. The smallest absolute Gasteiger partial charge is 0.239 e. The Balaban J connectivity index is 1.63. The van der Waals surface area contributed by atoms with Crippen LogP contribution in [-0.2, 0) is 11.2 Å². The number of carbonyl (C=O) groups is 1. The largest absolute Gasteiger partial charge is 0.368 e. The van der Waals surface area contributed by atoms with Gasteiger partial charge in [-0.2, -0.15) is 0 Å². The van der Waals surface area contributed by atoms with Crippen LogP contribution in [0, 0.1) is 17.6 Å². The van der Waals surface area contributed by atoms with Gasteiger partial charge in [-0.1, -0.05) is 24.3 Å². The number of hydrogen-bond donors (Lipinski definition) is 1. The number of rotatable bonds is 5. The average molecular weight is 344 g/mol. The molecular weight excluding hydrogens is 322 g/mol. The van der Waals surface area contributed by atoms with Gasteiger partial charge in [0.05, 0.1) is 0 Å². The fraction of sp³-hybridized carbons (Fsp3) is 0.350. The van der Waals surface area contributed by atoms with Crippen molar-refractivity contribution in [1.29, 1.82) is 0 Å². The zero-order valence-electron chi connectivity index (χ0n) is 14.0. The van der Waals surface area contributed by atoms with Crippen LogP contribution < -0.4 is 5.73 Å². The van der Waals surface area contributed by atoms with Gasteiger partial charge >= 0.3 is 0 Å². The van der Waals surface area contributed by atoms with Crippen molar-refractivity contribution in [3.8, 4) is 0 Å². The van der Waals surface area contributed by atoms with Crippen molar-refractivity contribution in [3.05, 3.63) is 71.3 Å². The first-order valence-corrected chi connectivity index (χ1v) is 8.56. The van der Waals surface area contributed by atoms with E-state index in [4.69, 9.17) is 5.73 Å². The van der Waals surface area contributed by atoms with Crippen LogP contribution in [0.4, 0.5) is 8.78 Å². The highest BCUT2D eigenvalue weighted by molar-refractivity contribution is 5.81. The predicted molar refractivity (Wildman–Crippen MR) is 92.7 cm³/mol. The summed E-state index contributed by atoms with van der Waals surface area (Å²) >= 11 is 0. The lowest BCUT2D eigenvalue weighted by Gasteiger charge is -2.36. The Morgan fingerprint density at radius 2 is 1.76 bits per heavy atom. The van der Waals surface area contributed by atoms with Gasteiger partial charge < -0.3 is 5.73 Å². The number of piperidine rings is 1. The van der Waals surface area contributed by atoms with Crippen LogP contribution in [0.2, 0.25) is 0 Å². The molecule has 1 saturated heterocycles. The molecule has 1 atom stereocenters. The van der Waals surface area contributed by atoms with Crippen LogP contribution in [0.25, 0.3) is 0 Å². The van der Waals surface area contributed by atoms with E-state index in [1.54, 1.807) is 24.3 Å². The number of amides is 1. The first-order valence-electron chi connectivity index (χ1n) is 8.56. The second-order valence-electron chi connectivity index (χ2n) is 6.67. The zero-order chi connectivity index (χ0) is 17.8. The lowest BCUT2D eigenvalue weighted by molar-refractivity contribution is -0.124. The van der Waals surface area contributed by atoms with Gasteiger partial charge in [0, 0.05) is 0 Å². The van der Waals surface area contributed by atoms with E-state index in [0.29, 0.717) is 5.92 Å². The number of halogens is 2. The minimum Gasteiger partial charge on any atom is -0.368 e. The van der Waals surface area contributed by atoms with Crippen LogP contribution in [0.5, 0.6) is 0 Å². The second kappa shape index (κ2) is 7.74. The minimum atomic E-state index is -0.532. The summed E-state index contributed by atoms with van der Waals surface area (Å²) in [5, 5.41) is 0. The number of primary amides is 1. The van der Waals surface area contributed by atoms with Crippen LogP contribution >= 0.6 is 0 Å². The maximum Gasteiger partial charge on any atom is 0.239 e. The summed E-state index contributed by atoms with van der Waals surface area (Å²) in [6, 6.07) is 12.1. The third-order valence-corrected chi connectivity index (χ3v) is 4.88. The van der Waals surface area contributed by atoms with Crippen molar-refractivity contribution in [2.24, 2.45) is 11.7 Å². The van der Waals surface area contributed by atoms with E-state index in [1.165, 1.54) is 18.2 Å². The summed E-state index contributed by atoms with van der Waals surface area (Å²) in [6.07, 6.45) is 2.67. The predicted octanol–water partition coefficient (Wildman–Crippen LogP) is 3.45. The minimum absolute atomic E-state index is 0.208. The van der Waals surface area contributed by atoms with Crippen molar-refractivity contribution in [1.82, 2.24) is 4.90 Å². The molecule has 3 nitrogen and oxygen atoms in total. The number of hydrogen-bond acceptors (Lipinski definition) is 2. The van der Waals surface area contributed by atoms with E-state index in [2.05, 4.69) is 4.90 Å². The molecule has 0 spiro atoms. The third kappa shape index (κ3) is 4.42. The van der Waals surface area contributed by atoms with Crippen molar-refractivity contribution in [2.75, 3.05) is 13.1 Å². The van der Waals surface area contributed by atoms with E-state index < -0.39 is 11.9 Å². The molecule has 1 amide bonds. The summed E-state index contributed by atoms with van der Waals surface area (Å²) in [6.45, 7) is 1.48. The SMILES string of the molecule is NC(=O)C(c1ccc(F)cc1)N1CCC(Cc2cccc(F)c2)CC1. The van der Waals surface area contributed by atoms with E-state index in [1.807, 2.05) is 6.07 Å². The lowest BCUT2D eigenvalue weighted by Crippen LogP contribution is -2.42. The topological polar surface area (TPSA) is 46.3 Å². The fourth-order valence-corrected chi connectivity index (χ4v) is 3.61. The van der Waals surface area contributed by atoms with Crippen LogP contribution in [0.15, 0.2) is 48.5 Å². The van der Waals surface area contributed by atoms with Crippen LogP contribution in [0.1, 0.15) is 30.0 Å². The number of carbonyl (C=O) groups excluding carboxylic acids is 1. The quantitative estimate of drug-likeness (QED) is 0.903. The summed E-state index contributed by atoms with van der Waals surface area (Å²) in [5.74, 6) is -0.504. The Bertz CT molecular complexity index is 725. The first kappa shape index (κ1) is 17.5. The number of nitrogens with zero attached hydrogens (tertiary/aromatic N) is 1. The molecule has 0 aliphatic carbocycles. The number of nitrogens with two attached hydrogens (primary N) is 1. The Labute approximate surface area is 146 Å². The van der Waals surface area contributed by atoms with Crippen molar-refractivity contribution in [3.63, 3.8) is 0 Å². The average Bonchev–Trinajstić information content (AvgIpc) is 2.58. The van der Waals surface area contributed by atoms with Crippen molar-refractivity contribution < 1.29 is 13.6 Å². The molecule has 0 bridgehead atoms. The Hall–Kier alpha value is -2.27. The maximum atomic E-state index is 13.3. The van der Waals surface area contributed by atoms with Crippen LogP contribution in [-0.4, -0.2) is 23.9 Å². The van der Waals surface area contributed by atoms with Gasteiger partial charge in [0.1, 0.15) is 17.7 Å². The molecule has 2 aromatic rings. The maximum absolute atomic E-state index is 13.3. The highest BCUT2D eigenvalue weighted by atomic mass is 19.1. The Morgan fingerprint density at radius 1 is 1.08 bits per heavy atom. The lowest BCUT2D eigenvalue weighted by atomic mass is 9.89. The van der Waals surface area contributed by atoms with Crippen molar-refractivity contribution in [2.45, 2.75) is 25.3 Å². The zero-order valence-corrected chi connectivity index (χ0v) is 14.0. The van der Waals surface area contributed by atoms with Crippen LogP contribution in [0.3, 0.4) is 0 Å². The standard InChI is InChI=1S/C20H22F2N2O/c21-17-6-4-16(5-7-17)19(20(23)25)24-10-8-14(9-11-24)12-15-2-1-3-18(22)13-15/h1-7,13-14,19H,8-12H2,(H2,23,25). The first-order chi connectivity index (χ1) is 12.0. The molecule has 0 radical (unpaired) electrons. The molecule has 1 unspecified atom stereocenters. The van der Waals surface area contributed by atoms with Gasteiger partial charge in [-0.25, -0.2) is 8.78 Å². The van der Waals surface area contributed by atoms with Gasteiger partial charge in [-0.15, -0.1) is 0 Å². The molecule has 5 heteroatoms. The van der Waals surface area contributed by atoms with Crippen molar-refractivity contribution >= 4 is 5.91 Å². The van der Waals surface area contributed by atoms with Gasteiger partial charge in [-0.3, -0.25) is 9.69 Å². The number of benzene rings is 2. The van der Waals surface area contributed by atoms with E-state index in [9.17, 15) is 13.6 Å². The third-order valence-electron chi connectivity index (χ3n) is 4.88. The van der Waals surface area contributed by atoms with Gasteiger partial charge in [-0.05, 0) is 73.7 Å². The highest BCUT2D eigenvalue weighted by Gasteiger charge is 2.29. The second-order valence-corrected chi connectivity index (χ2v) is 6.67. The summed E-state index contributed by atoms with van der Waals surface area (Å²) < 4.78 is 26.4. The summed E-state index contributed by atoms with van der Waals surface area (Å²) in [4.78, 5) is 14.0. The molecule has 1 aliphatic heterocycles. The molecule has 3 rings (SSSR count). The monoisotopic (exact) mass is 344 g/mol. The molecule has 2 aromatic carbocycles. The van der Waals surface area contributed by atoms with E-state index in [0.717, 1.165) is 43.5 Å². The summed E-state index contributed by atoms with van der Waals surface area (Å²) in [5.41, 5.74) is 7.32. The van der Waals surface area contributed by atoms with E-state index in [-0.39, 0.29) is 11.6 Å². The molecule has 0 aromatic heterocycles. The fourth-order valence-electron chi connectivity index (χ4n) is 3.61. The highest BCUT2D eigenvalue weighted by Crippen LogP contribution is 2.28. The molecular formula is C20H22F2N2O. The molecule has 0 saturated carbocycles.